The maximum atomic E-state index is 13.7. The Bertz CT molecular complexity index is 1070. The van der Waals surface area contributed by atoms with Crippen molar-refractivity contribution in [3.63, 3.8) is 0 Å². The molecule has 0 spiro atoms. The maximum Gasteiger partial charge on any atom is 0.318 e. The molecule has 1 amide bonds. The number of rotatable bonds is 5. The predicted octanol–water partition coefficient (Wildman–Crippen LogP) is 5.47. The van der Waals surface area contributed by atoms with E-state index in [9.17, 15) is 4.79 Å². The van der Waals surface area contributed by atoms with Gasteiger partial charge in [-0.25, -0.2) is 9.28 Å². The predicted molar refractivity (Wildman–Crippen MR) is 133 cm³/mol. The van der Waals surface area contributed by atoms with E-state index < -0.39 is 0 Å². The highest BCUT2D eigenvalue weighted by molar-refractivity contribution is 5.89. The molecule has 0 saturated carbocycles. The summed E-state index contributed by atoms with van der Waals surface area (Å²) in [7, 11) is 2.14. The summed E-state index contributed by atoms with van der Waals surface area (Å²) in [6.45, 7) is 3.24. The second-order valence-corrected chi connectivity index (χ2v) is 9.56. The molecular formula is C29H33N2O+. The Labute approximate surface area is 191 Å². The highest BCUT2D eigenvalue weighted by atomic mass is 16.2. The highest BCUT2D eigenvalue weighted by Crippen LogP contribution is 2.35. The zero-order valence-corrected chi connectivity index (χ0v) is 19.0. The number of benzene rings is 3. The van der Waals surface area contributed by atoms with Crippen molar-refractivity contribution in [2.75, 3.05) is 26.7 Å². The van der Waals surface area contributed by atoms with Crippen LogP contribution in [-0.4, -0.2) is 43.5 Å². The lowest BCUT2D eigenvalue weighted by molar-refractivity contribution is -0.130. The van der Waals surface area contributed by atoms with Crippen LogP contribution in [0.3, 0.4) is 0 Å². The molecule has 0 radical (unpaired) electrons. The van der Waals surface area contributed by atoms with Gasteiger partial charge in [-0.05, 0) is 61.5 Å². The minimum atomic E-state index is 0.327. The van der Waals surface area contributed by atoms with Gasteiger partial charge in [0.05, 0.1) is 19.5 Å². The van der Waals surface area contributed by atoms with Gasteiger partial charge in [0.1, 0.15) is 12.2 Å². The number of likely N-dealkylation sites (N-methyl/N-ethyl adjacent to an activating group) is 1. The second-order valence-electron chi connectivity index (χ2n) is 9.56. The molecule has 2 aliphatic rings. The maximum absolute atomic E-state index is 13.7. The molecule has 3 nitrogen and oxygen atoms in total. The standard InChI is InChI=1S/C29H33N2O/c1-31(22-27(30-19-7-8-20-30)21-26-11-5-6-12-28(26)31)29(32)18-15-23-13-16-25(17-14-23)24-9-3-2-4-10-24/h2-6,9-14,16-17,27H,7-8,15,18-22H2,1H3/q+1. The van der Waals surface area contributed by atoms with E-state index in [1.54, 1.807) is 0 Å². The second kappa shape index (κ2) is 9.01. The van der Waals surface area contributed by atoms with Crippen molar-refractivity contribution < 1.29 is 4.79 Å². The Morgan fingerprint density at radius 3 is 2.28 bits per heavy atom. The van der Waals surface area contributed by atoms with Crippen molar-refractivity contribution in [1.29, 1.82) is 0 Å². The quantitative estimate of drug-likeness (QED) is 0.505. The fourth-order valence-electron chi connectivity index (χ4n) is 5.58. The molecule has 32 heavy (non-hydrogen) atoms. The third-order valence-electron chi connectivity index (χ3n) is 7.45. The van der Waals surface area contributed by atoms with Crippen LogP contribution in [0.15, 0.2) is 78.9 Å². The average molecular weight is 426 g/mol. The zero-order valence-electron chi connectivity index (χ0n) is 19.0. The molecule has 5 rings (SSSR count). The van der Waals surface area contributed by atoms with Crippen LogP contribution >= 0.6 is 0 Å². The number of fused-ring (bicyclic) bond motifs is 1. The molecule has 1 saturated heterocycles. The van der Waals surface area contributed by atoms with Gasteiger partial charge in [-0.3, -0.25) is 4.90 Å². The zero-order chi connectivity index (χ0) is 22.0. The molecule has 3 heteroatoms. The van der Waals surface area contributed by atoms with Crippen LogP contribution < -0.4 is 4.48 Å². The summed E-state index contributed by atoms with van der Waals surface area (Å²) in [4.78, 5) is 16.3. The SMILES string of the molecule is C[N+]1(C(=O)CCc2ccc(-c3ccccc3)cc2)CC(N2CCCC2)Cc2ccccc21. The number of para-hydroxylation sites is 1. The minimum Gasteiger partial charge on any atom is -0.295 e. The first-order chi connectivity index (χ1) is 15.6. The summed E-state index contributed by atoms with van der Waals surface area (Å²) in [6.07, 6.45) is 5.00. The Morgan fingerprint density at radius 2 is 1.53 bits per heavy atom. The van der Waals surface area contributed by atoms with E-state index in [4.69, 9.17) is 0 Å². The van der Waals surface area contributed by atoms with Gasteiger partial charge in [-0.15, -0.1) is 0 Å². The van der Waals surface area contributed by atoms with Crippen LogP contribution in [0.4, 0.5) is 5.69 Å². The molecule has 2 heterocycles. The van der Waals surface area contributed by atoms with Crippen molar-refractivity contribution in [2.24, 2.45) is 0 Å². The third-order valence-corrected chi connectivity index (χ3v) is 7.45. The van der Waals surface area contributed by atoms with Crippen LogP contribution in [-0.2, 0) is 17.6 Å². The number of carbonyl (C=O) groups is 1. The van der Waals surface area contributed by atoms with Crippen molar-refractivity contribution in [1.82, 2.24) is 9.38 Å². The molecule has 1 fully saturated rings. The highest BCUT2D eigenvalue weighted by Gasteiger charge is 2.44. The molecular weight excluding hydrogens is 392 g/mol. The summed E-state index contributed by atoms with van der Waals surface area (Å²) in [5, 5.41) is 0. The number of amides is 1. The summed E-state index contributed by atoms with van der Waals surface area (Å²) < 4.78 is 0.430. The molecule has 0 aliphatic carbocycles. The largest absolute Gasteiger partial charge is 0.318 e. The molecule has 2 atom stereocenters. The van der Waals surface area contributed by atoms with E-state index in [1.165, 1.54) is 53.9 Å². The fraction of sp³-hybridized carbons (Fsp3) is 0.345. The number of quaternary nitrogens is 1. The molecule has 0 aromatic heterocycles. The van der Waals surface area contributed by atoms with Gasteiger partial charge < -0.3 is 0 Å². The molecule has 3 aromatic rings. The van der Waals surface area contributed by atoms with Crippen LogP contribution in [0.1, 0.15) is 30.4 Å². The van der Waals surface area contributed by atoms with Gasteiger partial charge in [0.15, 0.2) is 0 Å². The lowest BCUT2D eigenvalue weighted by atomic mass is 9.93. The van der Waals surface area contributed by atoms with Crippen LogP contribution in [0.2, 0.25) is 0 Å². The van der Waals surface area contributed by atoms with Crippen LogP contribution in [0.5, 0.6) is 0 Å². The van der Waals surface area contributed by atoms with Crippen molar-refractivity contribution in [3.8, 4) is 11.1 Å². The van der Waals surface area contributed by atoms with E-state index in [0.717, 1.165) is 19.4 Å². The summed E-state index contributed by atoms with van der Waals surface area (Å²) in [5.41, 5.74) is 6.22. The van der Waals surface area contributed by atoms with Gasteiger partial charge in [0, 0.05) is 5.56 Å². The first kappa shape index (κ1) is 21.1. The summed E-state index contributed by atoms with van der Waals surface area (Å²) in [6, 6.07) is 28.2. The van der Waals surface area contributed by atoms with Crippen molar-refractivity contribution >= 4 is 11.6 Å². The van der Waals surface area contributed by atoms with Crippen molar-refractivity contribution in [3.05, 3.63) is 90.0 Å². The normalized spacial score (nSPS) is 23.1. The summed E-state index contributed by atoms with van der Waals surface area (Å²) in [5.74, 6) is 0.327. The van der Waals surface area contributed by atoms with Gasteiger partial charge in [-0.2, -0.15) is 0 Å². The number of hydrogen-bond acceptors (Lipinski definition) is 2. The Balaban J connectivity index is 1.31. The number of hydrogen-bond donors (Lipinski definition) is 0. The molecule has 164 valence electrons. The fourth-order valence-corrected chi connectivity index (χ4v) is 5.58. The first-order valence-electron chi connectivity index (χ1n) is 12.0. The van der Waals surface area contributed by atoms with Crippen LogP contribution in [0, 0.1) is 0 Å². The smallest absolute Gasteiger partial charge is 0.295 e. The number of carbonyl (C=O) groups excluding carboxylic acids is 1. The van der Waals surface area contributed by atoms with Crippen LogP contribution in [0.25, 0.3) is 11.1 Å². The van der Waals surface area contributed by atoms with Crippen molar-refractivity contribution in [2.45, 2.75) is 38.1 Å². The third kappa shape index (κ3) is 4.15. The monoisotopic (exact) mass is 425 g/mol. The Hall–Kier alpha value is -2.75. The number of aryl methyl sites for hydroxylation is 1. The van der Waals surface area contributed by atoms with Gasteiger partial charge in [-0.1, -0.05) is 72.8 Å². The molecule has 0 N–H and O–H groups in total. The first-order valence-corrected chi connectivity index (χ1v) is 12.0. The lowest BCUT2D eigenvalue weighted by Crippen LogP contribution is -2.61. The Morgan fingerprint density at radius 1 is 0.875 bits per heavy atom. The van der Waals surface area contributed by atoms with Gasteiger partial charge in [0.2, 0.25) is 0 Å². The minimum absolute atomic E-state index is 0.327. The van der Waals surface area contributed by atoms with Gasteiger partial charge in [0.25, 0.3) is 0 Å². The number of likely N-dealkylation sites (tertiary alicyclic amines) is 1. The molecule has 2 unspecified atom stereocenters. The summed E-state index contributed by atoms with van der Waals surface area (Å²) >= 11 is 0. The topological polar surface area (TPSA) is 20.3 Å². The molecule has 0 bridgehead atoms. The molecule has 2 aliphatic heterocycles. The molecule has 3 aromatic carbocycles. The van der Waals surface area contributed by atoms with E-state index in [2.05, 4.69) is 84.7 Å². The lowest BCUT2D eigenvalue weighted by Gasteiger charge is -2.42. The van der Waals surface area contributed by atoms with E-state index in [1.807, 2.05) is 6.07 Å². The van der Waals surface area contributed by atoms with Gasteiger partial charge >= 0.3 is 5.91 Å². The van der Waals surface area contributed by atoms with E-state index in [-0.39, 0.29) is 0 Å². The van der Waals surface area contributed by atoms with E-state index in [0.29, 0.717) is 22.9 Å². The average Bonchev–Trinajstić information content (AvgIpc) is 3.39. The number of nitrogens with zero attached hydrogens (tertiary/aromatic N) is 2. The van der Waals surface area contributed by atoms with E-state index >= 15 is 0 Å². The Kier molecular flexibility index (Phi) is 5.95.